The van der Waals surface area contributed by atoms with Crippen molar-refractivity contribution in [3.8, 4) is 0 Å². The van der Waals surface area contributed by atoms with Crippen molar-refractivity contribution in [2.24, 2.45) is 0 Å². The second-order valence-corrected chi connectivity index (χ2v) is 5.57. The van der Waals surface area contributed by atoms with Crippen LogP contribution in [0.5, 0.6) is 0 Å². The first-order valence-electron chi connectivity index (χ1n) is 6.30. The van der Waals surface area contributed by atoms with Crippen molar-refractivity contribution in [2.75, 3.05) is 32.5 Å². The summed E-state index contributed by atoms with van der Waals surface area (Å²) < 4.78 is 0.796. The van der Waals surface area contributed by atoms with Crippen LogP contribution in [0.2, 0.25) is 0 Å². The van der Waals surface area contributed by atoms with Gasteiger partial charge in [0.15, 0.2) is 0 Å². The van der Waals surface area contributed by atoms with Gasteiger partial charge in [-0.05, 0) is 28.8 Å². The zero-order valence-corrected chi connectivity index (χ0v) is 12.7. The average molecular weight is 328 g/mol. The Bertz CT molecular complexity index is 461. The number of amides is 2. The van der Waals surface area contributed by atoms with Crippen LogP contribution in [0.1, 0.15) is 24.6 Å². The SMILES string of the molecule is CN(C)C(=O)NCCNc1cc(Br)nc(C2CC2)n1. The van der Waals surface area contributed by atoms with Crippen LogP contribution in [0, 0.1) is 0 Å². The summed E-state index contributed by atoms with van der Waals surface area (Å²) in [7, 11) is 3.43. The Morgan fingerprint density at radius 2 is 2.16 bits per heavy atom. The molecule has 0 aliphatic heterocycles. The van der Waals surface area contributed by atoms with E-state index < -0.39 is 0 Å². The lowest BCUT2D eigenvalue weighted by atomic mass is 10.4. The van der Waals surface area contributed by atoms with Gasteiger partial charge in [-0.3, -0.25) is 0 Å². The molecule has 0 radical (unpaired) electrons. The molecule has 1 aromatic heterocycles. The van der Waals surface area contributed by atoms with E-state index in [1.165, 1.54) is 17.7 Å². The van der Waals surface area contributed by atoms with Crippen LogP contribution in [0.3, 0.4) is 0 Å². The Hall–Kier alpha value is -1.37. The number of hydrogen-bond donors (Lipinski definition) is 2. The highest BCUT2D eigenvalue weighted by molar-refractivity contribution is 9.10. The highest BCUT2D eigenvalue weighted by atomic mass is 79.9. The molecule has 0 aromatic carbocycles. The summed E-state index contributed by atoms with van der Waals surface area (Å²) >= 11 is 3.39. The first-order chi connectivity index (χ1) is 9.06. The zero-order chi connectivity index (χ0) is 13.8. The zero-order valence-electron chi connectivity index (χ0n) is 11.1. The molecule has 1 heterocycles. The number of rotatable bonds is 5. The molecule has 1 saturated carbocycles. The van der Waals surface area contributed by atoms with Crippen molar-refractivity contribution < 1.29 is 4.79 Å². The first kappa shape index (κ1) is 14.0. The Balaban J connectivity index is 1.81. The molecule has 1 aliphatic rings. The van der Waals surface area contributed by atoms with Gasteiger partial charge < -0.3 is 15.5 Å². The van der Waals surface area contributed by atoms with E-state index in [4.69, 9.17) is 0 Å². The molecule has 0 saturated heterocycles. The van der Waals surface area contributed by atoms with Crippen molar-refractivity contribution >= 4 is 27.8 Å². The minimum absolute atomic E-state index is 0.0932. The van der Waals surface area contributed by atoms with Crippen molar-refractivity contribution in [1.82, 2.24) is 20.2 Å². The van der Waals surface area contributed by atoms with Crippen molar-refractivity contribution in [2.45, 2.75) is 18.8 Å². The number of anilines is 1. The van der Waals surface area contributed by atoms with Gasteiger partial charge in [0.25, 0.3) is 0 Å². The number of nitrogens with one attached hydrogen (secondary N) is 2. The van der Waals surface area contributed by atoms with Crippen molar-refractivity contribution in [3.05, 3.63) is 16.5 Å². The molecule has 2 amide bonds. The van der Waals surface area contributed by atoms with Crippen LogP contribution >= 0.6 is 15.9 Å². The topological polar surface area (TPSA) is 70.2 Å². The standard InChI is InChI=1S/C12H18BrN5O/c1-18(2)12(19)15-6-5-14-10-7-9(13)16-11(17-10)8-3-4-8/h7-8H,3-6H2,1-2H3,(H,15,19)(H,14,16,17). The summed E-state index contributed by atoms with van der Waals surface area (Å²) in [5.74, 6) is 2.21. The van der Waals surface area contributed by atoms with E-state index in [0.29, 0.717) is 19.0 Å². The fraction of sp³-hybridized carbons (Fsp3) is 0.583. The average Bonchev–Trinajstić information content (AvgIpc) is 3.17. The van der Waals surface area contributed by atoms with Gasteiger partial charge in [0.2, 0.25) is 0 Å². The van der Waals surface area contributed by atoms with Gasteiger partial charge in [-0.15, -0.1) is 0 Å². The van der Waals surface area contributed by atoms with Crippen LogP contribution < -0.4 is 10.6 Å². The number of carbonyl (C=O) groups is 1. The smallest absolute Gasteiger partial charge is 0.316 e. The lowest BCUT2D eigenvalue weighted by Gasteiger charge is -2.12. The Morgan fingerprint density at radius 3 is 2.79 bits per heavy atom. The maximum Gasteiger partial charge on any atom is 0.316 e. The maximum atomic E-state index is 11.3. The Kier molecular flexibility index (Phi) is 4.57. The fourth-order valence-electron chi connectivity index (χ4n) is 1.57. The predicted octanol–water partition coefficient (Wildman–Crippen LogP) is 1.80. The van der Waals surface area contributed by atoms with Crippen molar-refractivity contribution in [3.63, 3.8) is 0 Å². The third-order valence-electron chi connectivity index (χ3n) is 2.77. The van der Waals surface area contributed by atoms with E-state index in [2.05, 4.69) is 36.5 Å². The van der Waals surface area contributed by atoms with Gasteiger partial charge in [0.1, 0.15) is 16.2 Å². The monoisotopic (exact) mass is 327 g/mol. The van der Waals surface area contributed by atoms with Crippen LogP contribution in [-0.4, -0.2) is 48.1 Å². The van der Waals surface area contributed by atoms with Gasteiger partial charge in [-0.2, -0.15) is 0 Å². The molecule has 0 unspecified atom stereocenters. The molecule has 6 nitrogen and oxygen atoms in total. The second-order valence-electron chi connectivity index (χ2n) is 4.76. The molecular formula is C12H18BrN5O. The third kappa shape index (κ3) is 4.34. The summed E-state index contributed by atoms with van der Waals surface area (Å²) in [5, 5.41) is 5.97. The summed E-state index contributed by atoms with van der Waals surface area (Å²) in [6.07, 6.45) is 2.35. The van der Waals surface area contributed by atoms with Gasteiger partial charge in [-0.1, -0.05) is 0 Å². The summed E-state index contributed by atoms with van der Waals surface area (Å²) in [6.45, 7) is 1.19. The van der Waals surface area contributed by atoms with E-state index in [-0.39, 0.29) is 6.03 Å². The quantitative estimate of drug-likeness (QED) is 0.639. The van der Waals surface area contributed by atoms with Crippen molar-refractivity contribution in [1.29, 1.82) is 0 Å². The number of hydrogen-bond acceptors (Lipinski definition) is 4. The number of nitrogens with zero attached hydrogens (tertiary/aromatic N) is 3. The summed E-state index contributed by atoms with van der Waals surface area (Å²) in [6, 6.07) is 1.75. The largest absolute Gasteiger partial charge is 0.368 e. The summed E-state index contributed by atoms with van der Waals surface area (Å²) in [4.78, 5) is 21.7. The molecule has 0 atom stereocenters. The maximum absolute atomic E-state index is 11.3. The lowest BCUT2D eigenvalue weighted by Crippen LogP contribution is -2.37. The van der Waals surface area contributed by atoms with E-state index in [0.717, 1.165) is 16.2 Å². The van der Waals surface area contributed by atoms with Gasteiger partial charge >= 0.3 is 6.03 Å². The number of aromatic nitrogens is 2. The lowest BCUT2D eigenvalue weighted by molar-refractivity contribution is 0.218. The molecule has 2 rings (SSSR count). The normalized spacial score (nSPS) is 14.1. The first-order valence-corrected chi connectivity index (χ1v) is 7.09. The van der Waals surface area contributed by atoms with Gasteiger partial charge in [-0.25, -0.2) is 14.8 Å². The van der Waals surface area contributed by atoms with E-state index in [9.17, 15) is 4.79 Å². The summed E-state index contributed by atoms with van der Waals surface area (Å²) in [5.41, 5.74) is 0. The molecule has 7 heteroatoms. The Morgan fingerprint density at radius 1 is 1.42 bits per heavy atom. The molecular weight excluding hydrogens is 310 g/mol. The number of halogens is 1. The van der Waals surface area contributed by atoms with E-state index in [1.807, 2.05) is 6.07 Å². The van der Waals surface area contributed by atoms with Gasteiger partial charge in [0.05, 0.1) is 0 Å². The van der Waals surface area contributed by atoms with E-state index >= 15 is 0 Å². The highest BCUT2D eigenvalue weighted by Gasteiger charge is 2.27. The molecule has 1 aliphatic carbocycles. The second kappa shape index (κ2) is 6.18. The third-order valence-corrected chi connectivity index (χ3v) is 3.17. The predicted molar refractivity (Wildman–Crippen MR) is 77.3 cm³/mol. The fourth-order valence-corrected chi connectivity index (χ4v) is 1.97. The molecule has 104 valence electrons. The van der Waals surface area contributed by atoms with Crippen LogP contribution in [-0.2, 0) is 0 Å². The number of urea groups is 1. The minimum atomic E-state index is -0.0932. The molecule has 19 heavy (non-hydrogen) atoms. The van der Waals surface area contributed by atoms with E-state index in [1.54, 1.807) is 14.1 Å². The highest BCUT2D eigenvalue weighted by Crippen LogP contribution is 2.38. The van der Waals surface area contributed by atoms with Crippen LogP contribution in [0.25, 0.3) is 0 Å². The number of carbonyl (C=O) groups excluding carboxylic acids is 1. The molecule has 1 fully saturated rings. The van der Waals surface area contributed by atoms with Crippen LogP contribution in [0.15, 0.2) is 10.7 Å². The van der Waals surface area contributed by atoms with Crippen LogP contribution in [0.4, 0.5) is 10.6 Å². The molecule has 2 N–H and O–H groups in total. The van der Waals surface area contributed by atoms with Gasteiger partial charge in [0, 0.05) is 39.2 Å². The Labute approximate surface area is 121 Å². The molecule has 0 spiro atoms. The minimum Gasteiger partial charge on any atom is -0.368 e. The molecule has 1 aromatic rings. The molecule has 0 bridgehead atoms.